The molecule has 1 amide bonds. The number of hydrogen-bond acceptors (Lipinski definition) is 4. The summed E-state index contributed by atoms with van der Waals surface area (Å²) in [6.07, 6.45) is 0.493. The van der Waals surface area contributed by atoms with Crippen LogP contribution in [0.4, 0.5) is 0 Å². The molecular formula is C21H25NO3S. The van der Waals surface area contributed by atoms with Crippen molar-refractivity contribution < 1.29 is 14.3 Å². The average molecular weight is 372 g/mol. The van der Waals surface area contributed by atoms with Crippen LogP contribution in [0.3, 0.4) is 0 Å². The van der Waals surface area contributed by atoms with E-state index in [2.05, 4.69) is 37.4 Å². The minimum absolute atomic E-state index is 0.0590. The molecule has 0 aromatic heterocycles. The monoisotopic (exact) mass is 371 g/mol. The molecule has 1 N–H and O–H groups in total. The zero-order valence-electron chi connectivity index (χ0n) is 15.5. The van der Waals surface area contributed by atoms with Crippen molar-refractivity contribution in [1.29, 1.82) is 0 Å². The molecule has 0 spiro atoms. The Morgan fingerprint density at radius 2 is 1.85 bits per heavy atom. The summed E-state index contributed by atoms with van der Waals surface area (Å²) in [6, 6.07) is 12.2. The molecule has 1 heterocycles. The Kier molecular flexibility index (Phi) is 6.09. The Morgan fingerprint density at radius 1 is 1.08 bits per heavy atom. The second-order valence-corrected chi connectivity index (χ2v) is 7.71. The molecule has 26 heavy (non-hydrogen) atoms. The van der Waals surface area contributed by atoms with Crippen LogP contribution >= 0.6 is 11.8 Å². The molecule has 1 aliphatic heterocycles. The first-order valence-electron chi connectivity index (χ1n) is 8.92. The van der Waals surface area contributed by atoms with E-state index in [0.717, 1.165) is 22.8 Å². The van der Waals surface area contributed by atoms with E-state index in [1.165, 1.54) is 16.0 Å². The molecule has 0 aliphatic carbocycles. The van der Waals surface area contributed by atoms with Crippen molar-refractivity contribution in [2.45, 2.75) is 38.1 Å². The Morgan fingerprint density at radius 3 is 2.62 bits per heavy atom. The molecule has 0 saturated heterocycles. The second-order valence-electron chi connectivity index (χ2n) is 6.54. The van der Waals surface area contributed by atoms with E-state index in [-0.39, 0.29) is 11.9 Å². The highest BCUT2D eigenvalue weighted by molar-refractivity contribution is 7.99. The molecule has 3 rings (SSSR count). The summed E-state index contributed by atoms with van der Waals surface area (Å²) < 4.78 is 11.1. The third-order valence-corrected chi connectivity index (χ3v) is 5.52. The number of carbonyl (C=O) groups excluding carboxylic acids is 1. The number of aryl methyl sites for hydroxylation is 2. The number of rotatable bonds is 6. The maximum absolute atomic E-state index is 12.2. The number of nitrogens with one attached hydrogen (secondary N) is 1. The van der Waals surface area contributed by atoms with E-state index < -0.39 is 0 Å². The van der Waals surface area contributed by atoms with Crippen molar-refractivity contribution in [2.24, 2.45) is 0 Å². The van der Waals surface area contributed by atoms with E-state index in [1.54, 1.807) is 11.8 Å². The van der Waals surface area contributed by atoms with E-state index in [4.69, 9.17) is 9.47 Å². The van der Waals surface area contributed by atoms with Crippen LogP contribution < -0.4 is 14.8 Å². The fourth-order valence-corrected chi connectivity index (χ4v) is 3.74. The van der Waals surface area contributed by atoms with Crippen molar-refractivity contribution in [3.63, 3.8) is 0 Å². The lowest BCUT2D eigenvalue weighted by Crippen LogP contribution is -2.27. The van der Waals surface area contributed by atoms with Crippen molar-refractivity contribution in [3.05, 3.63) is 53.1 Å². The number of hydrogen-bond donors (Lipinski definition) is 1. The number of fused-ring (bicyclic) bond motifs is 1. The lowest BCUT2D eigenvalue weighted by Gasteiger charge is -2.21. The molecular weight excluding hydrogens is 346 g/mol. The van der Waals surface area contributed by atoms with Gasteiger partial charge in [0.05, 0.1) is 6.04 Å². The summed E-state index contributed by atoms with van der Waals surface area (Å²) in [5, 5.41) is 3.06. The second kappa shape index (κ2) is 8.49. The van der Waals surface area contributed by atoms with Gasteiger partial charge in [0.1, 0.15) is 13.2 Å². The van der Waals surface area contributed by atoms with Gasteiger partial charge in [0.25, 0.3) is 0 Å². The molecule has 138 valence electrons. The molecule has 2 aromatic rings. The summed E-state index contributed by atoms with van der Waals surface area (Å²) in [7, 11) is 0. The number of ether oxygens (including phenoxy) is 2. The first kappa shape index (κ1) is 18.6. The number of benzene rings is 2. The molecule has 4 nitrogen and oxygen atoms in total. The van der Waals surface area contributed by atoms with E-state index >= 15 is 0 Å². The van der Waals surface area contributed by atoms with Crippen LogP contribution in [0, 0.1) is 13.8 Å². The van der Waals surface area contributed by atoms with Crippen LogP contribution in [-0.2, 0) is 4.79 Å². The van der Waals surface area contributed by atoms with Crippen LogP contribution in [0.1, 0.15) is 36.1 Å². The average Bonchev–Trinajstić information content (AvgIpc) is 2.64. The summed E-state index contributed by atoms with van der Waals surface area (Å²) >= 11 is 1.72. The summed E-state index contributed by atoms with van der Waals surface area (Å²) in [4.78, 5) is 13.5. The van der Waals surface area contributed by atoms with Crippen LogP contribution in [0.15, 0.2) is 41.3 Å². The minimum atomic E-state index is -0.0649. The molecule has 0 fully saturated rings. The van der Waals surface area contributed by atoms with Crippen molar-refractivity contribution in [2.75, 3.05) is 19.0 Å². The molecule has 0 bridgehead atoms. The molecule has 1 atom stereocenters. The maximum atomic E-state index is 12.2. The van der Waals surface area contributed by atoms with Gasteiger partial charge in [-0.15, -0.1) is 11.8 Å². The van der Waals surface area contributed by atoms with Crippen LogP contribution in [0.2, 0.25) is 0 Å². The van der Waals surface area contributed by atoms with Gasteiger partial charge in [-0.2, -0.15) is 0 Å². The van der Waals surface area contributed by atoms with Crippen molar-refractivity contribution in [1.82, 2.24) is 5.32 Å². The van der Waals surface area contributed by atoms with Crippen LogP contribution in [0.25, 0.3) is 0 Å². The fraction of sp³-hybridized carbons (Fsp3) is 0.381. The van der Waals surface area contributed by atoms with Crippen molar-refractivity contribution in [3.8, 4) is 11.5 Å². The van der Waals surface area contributed by atoms with Gasteiger partial charge in [0, 0.05) is 17.1 Å². The predicted molar refractivity (Wildman–Crippen MR) is 105 cm³/mol. The van der Waals surface area contributed by atoms with Crippen molar-refractivity contribution >= 4 is 17.7 Å². The van der Waals surface area contributed by atoms with Gasteiger partial charge in [0.15, 0.2) is 11.5 Å². The minimum Gasteiger partial charge on any atom is -0.486 e. The molecule has 0 radical (unpaired) electrons. The predicted octanol–water partition coefficient (Wildman–Crippen LogP) is 4.43. The van der Waals surface area contributed by atoms with Crippen LogP contribution in [-0.4, -0.2) is 24.9 Å². The normalized spacial score (nSPS) is 14.0. The van der Waals surface area contributed by atoms with E-state index in [9.17, 15) is 4.79 Å². The Labute approximate surface area is 159 Å². The molecule has 1 unspecified atom stereocenters. The molecule has 2 aromatic carbocycles. The quantitative estimate of drug-likeness (QED) is 0.763. The Balaban J connectivity index is 1.49. The molecule has 1 aliphatic rings. The number of amides is 1. The van der Waals surface area contributed by atoms with E-state index in [0.29, 0.717) is 19.6 Å². The van der Waals surface area contributed by atoms with Gasteiger partial charge in [-0.1, -0.05) is 12.1 Å². The third kappa shape index (κ3) is 4.73. The van der Waals surface area contributed by atoms with Gasteiger partial charge in [0.2, 0.25) is 5.91 Å². The largest absolute Gasteiger partial charge is 0.486 e. The zero-order chi connectivity index (χ0) is 18.5. The highest BCUT2D eigenvalue weighted by Gasteiger charge is 2.15. The van der Waals surface area contributed by atoms with Crippen LogP contribution in [0.5, 0.6) is 11.5 Å². The fourth-order valence-electron chi connectivity index (χ4n) is 2.79. The van der Waals surface area contributed by atoms with Gasteiger partial charge < -0.3 is 14.8 Å². The topological polar surface area (TPSA) is 47.6 Å². The zero-order valence-corrected chi connectivity index (χ0v) is 16.3. The first-order chi connectivity index (χ1) is 12.5. The van der Waals surface area contributed by atoms with Gasteiger partial charge in [-0.3, -0.25) is 4.79 Å². The van der Waals surface area contributed by atoms with Gasteiger partial charge in [-0.25, -0.2) is 0 Å². The summed E-state index contributed by atoms with van der Waals surface area (Å²) in [6.45, 7) is 7.35. The smallest absolute Gasteiger partial charge is 0.221 e. The van der Waals surface area contributed by atoms with E-state index in [1.807, 2.05) is 25.1 Å². The number of carbonyl (C=O) groups is 1. The van der Waals surface area contributed by atoms with Gasteiger partial charge >= 0.3 is 0 Å². The lowest BCUT2D eigenvalue weighted by atomic mass is 10.1. The summed E-state index contributed by atoms with van der Waals surface area (Å²) in [5.74, 6) is 2.34. The lowest BCUT2D eigenvalue weighted by molar-refractivity contribution is -0.121. The van der Waals surface area contributed by atoms with Gasteiger partial charge in [-0.05, 0) is 61.7 Å². The highest BCUT2D eigenvalue weighted by Crippen LogP contribution is 2.32. The number of thioether (sulfide) groups is 1. The third-order valence-electron chi connectivity index (χ3n) is 4.52. The molecule has 0 saturated carbocycles. The summed E-state index contributed by atoms with van der Waals surface area (Å²) in [5.41, 5.74) is 3.59. The maximum Gasteiger partial charge on any atom is 0.221 e. The SMILES string of the molecule is Cc1ccc(SCCC(=O)NC(C)c2ccc3c(c2)OCCO3)cc1C. The first-order valence-corrected chi connectivity index (χ1v) is 9.90. The standard InChI is InChI=1S/C21H25NO3S/c1-14-4-6-18(12-15(14)2)26-11-8-21(23)22-16(3)17-5-7-19-20(13-17)25-10-9-24-19/h4-7,12-13,16H,8-11H2,1-3H3,(H,22,23). The molecule has 5 heteroatoms. The Bertz CT molecular complexity index is 791. The highest BCUT2D eigenvalue weighted by atomic mass is 32.2. The Hall–Kier alpha value is -2.14.